The second kappa shape index (κ2) is 11.7. The van der Waals surface area contributed by atoms with Gasteiger partial charge in [0.1, 0.15) is 13.1 Å². The maximum absolute atomic E-state index is 13.4. The van der Waals surface area contributed by atoms with E-state index in [0.717, 1.165) is 21.8 Å². The zero-order chi connectivity index (χ0) is 26.5. The van der Waals surface area contributed by atoms with Crippen molar-refractivity contribution >= 4 is 40.7 Å². The first-order valence-corrected chi connectivity index (χ1v) is 11.7. The standard InChI is InChI=1S/C23H23Cl2F3N6O2/c1-14(2)9-10-29-20(35)12-33(17-7-8-19(25)18(11-17)23(26,27)28)21(36)13-34-31-22(30-32-34)15-3-5-16(24)6-4-15/h3-8,11,14H,9-10,12-13H2,1-2H3,(H,29,35). The van der Waals surface area contributed by atoms with Gasteiger partial charge in [0.05, 0.1) is 10.6 Å². The fourth-order valence-electron chi connectivity index (χ4n) is 3.15. The Bertz CT molecular complexity index is 1220. The summed E-state index contributed by atoms with van der Waals surface area (Å²) in [6.07, 6.45) is -4.04. The highest BCUT2D eigenvalue weighted by atomic mass is 35.5. The van der Waals surface area contributed by atoms with Gasteiger partial charge in [-0.3, -0.25) is 9.59 Å². The topological polar surface area (TPSA) is 93.0 Å². The summed E-state index contributed by atoms with van der Waals surface area (Å²) in [5, 5.41) is 14.6. The number of anilines is 1. The lowest BCUT2D eigenvalue weighted by molar-refractivity contribution is -0.137. The number of hydrogen-bond donors (Lipinski definition) is 1. The van der Waals surface area contributed by atoms with Crippen LogP contribution < -0.4 is 10.2 Å². The van der Waals surface area contributed by atoms with E-state index in [1.165, 1.54) is 6.07 Å². The SMILES string of the molecule is CC(C)CCNC(=O)CN(C(=O)Cn1nnc(-c2ccc(Cl)cc2)n1)c1ccc(Cl)c(C(F)(F)F)c1. The smallest absolute Gasteiger partial charge is 0.355 e. The molecular weight excluding hydrogens is 520 g/mol. The third-order valence-electron chi connectivity index (χ3n) is 5.05. The van der Waals surface area contributed by atoms with E-state index in [-0.39, 0.29) is 11.5 Å². The lowest BCUT2D eigenvalue weighted by Crippen LogP contribution is -2.43. The van der Waals surface area contributed by atoms with Crippen LogP contribution in [-0.4, -0.2) is 45.1 Å². The molecule has 0 bridgehead atoms. The van der Waals surface area contributed by atoms with E-state index in [2.05, 4.69) is 20.7 Å². The van der Waals surface area contributed by atoms with Gasteiger partial charge in [-0.25, -0.2) is 0 Å². The molecule has 13 heteroatoms. The number of benzene rings is 2. The van der Waals surface area contributed by atoms with Gasteiger partial charge in [0.15, 0.2) is 0 Å². The third kappa shape index (κ3) is 7.41. The van der Waals surface area contributed by atoms with Crippen LogP contribution in [0.15, 0.2) is 42.5 Å². The number of amides is 2. The van der Waals surface area contributed by atoms with Crippen LogP contribution in [0.5, 0.6) is 0 Å². The van der Waals surface area contributed by atoms with Crippen molar-refractivity contribution in [2.24, 2.45) is 5.92 Å². The molecule has 2 amide bonds. The Morgan fingerprint density at radius 1 is 1.11 bits per heavy atom. The second-order valence-electron chi connectivity index (χ2n) is 8.32. The molecule has 3 rings (SSSR count). The van der Waals surface area contributed by atoms with E-state index < -0.39 is 41.7 Å². The molecular formula is C23H23Cl2F3N6O2. The molecule has 192 valence electrons. The summed E-state index contributed by atoms with van der Waals surface area (Å²) in [5.74, 6) is -0.685. The number of hydrogen-bond acceptors (Lipinski definition) is 5. The van der Waals surface area contributed by atoms with Crippen LogP contribution >= 0.6 is 23.2 Å². The number of carbonyl (C=O) groups is 2. The largest absolute Gasteiger partial charge is 0.417 e. The minimum Gasteiger partial charge on any atom is -0.355 e. The Morgan fingerprint density at radius 3 is 2.44 bits per heavy atom. The van der Waals surface area contributed by atoms with Crippen LogP contribution in [0.2, 0.25) is 10.0 Å². The van der Waals surface area contributed by atoms with Crippen LogP contribution in [0.1, 0.15) is 25.8 Å². The second-order valence-corrected chi connectivity index (χ2v) is 9.17. The summed E-state index contributed by atoms with van der Waals surface area (Å²) < 4.78 is 40.3. The molecule has 3 aromatic rings. The minimum absolute atomic E-state index is 0.145. The summed E-state index contributed by atoms with van der Waals surface area (Å²) in [6, 6.07) is 9.63. The van der Waals surface area contributed by atoms with Crippen molar-refractivity contribution in [1.82, 2.24) is 25.5 Å². The van der Waals surface area contributed by atoms with Crippen molar-refractivity contribution in [3.63, 3.8) is 0 Å². The average molecular weight is 543 g/mol. The molecule has 0 aliphatic heterocycles. The number of halogens is 5. The highest BCUT2D eigenvalue weighted by molar-refractivity contribution is 6.31. The molecule has 0 saturated carbocycles. The van der Waals surface area contributed by atoms with Crippen molar-refractivity contribution in [2.75, 3.05) is 18.0 Å². The van der Waals surface area contributed by atoms with Crippen molar-refractivity contribution in [3.05, 3.63) is 58.1 Å². The van der Waals surface area contributed by atoms with E-state index in [0.29, 0.717) is 29.5 Å². The quantitative estimate of drug-likeness (QED) is 0.416. The number of aromatic nitrogens is 4. The highest BCUT2D eigenvalue weighted by Crippen LogP contribution is 2.37. The van der Waals surface area contributed by atoms with E-state index in [9.17, 15) is 22.8 Å². The molecule has 0 radical (unpaired) electrons. The fourth-order valence-corrected chi connectivity index (χ4v) is 3.50. The summed E-state index contributed by atoms with van der Waals surface area (Å²) in [5.41, 5.74) is -0.663. The van der Waals surface area contributed by atoms with Gasteiger partial charge in [-0.05, 0) is 60.0 Å². The van der Waals surface area contributed by atoms with Gasteiger partial charge in [0.25, 0.3) is 5.91 Å². The average Bonchev–Trinajstić information content (AvgIpc) is 3.25. The molecule has 0 atom stereocenters. The maximum Gasteiger partial charge on any atom is 0.417 e. The molecule has 1 N–H and O–H groups in total. The molecule has 0 spiro atoms. The van der Waals surface area contributed by atoms with Crippen molar-refractivity contribution in [1.29, 1.82) is 0 Å². The Kier molecular flexibility index (Phi) is 8.91. The molecule has 0 aliphatic rings. The molecule has 0 saturated heterocycles. The zero-order valence-electron chi connectivity index (χ0n) is 19.4. The Morgan fingerprint density at radius 2 is 1.81 bits per heavy atom. The van der Waals surface area contributed by atoms with Gasteiger partial charge >= 0.3 is 6.18 Å². The van der Waals surface area contributed by atoms with Gasteiger partial charge < -0.3 is 10.2 Å². The van der Waals surface area contributed by atoms with Gasteiger partial charge in [-0.1, -0.05) is 37.0 Å². The van der Waals surface area contributed by atoms with Crippen molar-refractivity contribution < 1.29 is 22.8 Å². The lowest BCUT2D eigenvalue weighted by Gasteiger charge is -2.23. The summed E-state index contributed by atoms with van der Waals surface area (Å²) in [7, 11) is 0. The summed E-state index contributed by atoms with van der Waals surface area (Å²) >= 11 is 11.6. The Hall–Kier alpha value is -3.18. The molecule has 2 aromatic carbocycles. The van der Waals surface area contributed by atoms with Crippen LogP contribution in [0.3, 0.4) is 0 Å². The van der Waals surface area contributed by atoms with Gasteiger partial charge in [0, 0.05) is 22.8 Å². The molecule has 1 aromatic heterocycles. The number of nitrogens with one attached hydrogen (secondary N) is 1. The number of tetrazole rings is 1. The maximum atomic E-state index is 13.4. The normalized spacial score (nSPS) is 11.6. The molecule has 0 aliphatic carbocycles. The van der Waals surface area contributed by atoms with Crippen molar-refractivity contribution in [3.8, 4) is 11.4 Å². The van der Waals surface area contributed by atoms with Crippen LogP contribution in [0.25, 0.3) is 11.4 Å². The first kappa shape index (κ1) is 27.4. The zero-order valence-corrected chi connectivity index (χ0v) is 20.9. The van der Waals surface area contributed by atoms with Gasteiger partial charge in [-0.2, -0.15) is 18.0 Å². The van der Waals surface area contributed by atoms with Crippen molar-refractivity contribution in [2.45, 2.75) is 33.0 Å². The fraction of sp³-hybridized carbons (Fsp3) is 0.348. The van der Waals surface area contributed by atoms with Gasteiger partial charge in [-0.15, -0.1) is 10.2 Å². The number of rotatable bonds is 9. The molecule has 36 heavy (non-hydrogen) atoms. The Labute approximate surface area is 215 Å². The molecule has 0 fully saturated rings. The van der Waals surface area contributed by atoms with E-state index >= 15 is 0 Å². The molecule has 1 heterocycles. The predicted octanol–water partition coefficient (Wildman–Crippen LogP) is 4.86. The molecule has 0 unspecified atom stereocenters. The first-order chi connectivity index (χ1) is 16.9. The first-order valence-electron chi connectivity index (χ1n) is 10.9. The number of carbonyl (C=O) groups excluding carboxylic acids is 2. The molecule has 8 nitrogen and oxygen atoms in total. The third-order valence-corrected chi connectivity index (χ3v) is 5.63. The van der Waals surface area contributed by atoms with E-state index in [1.807, 2.05) is 13.8 Å². The van der Waals surface area contributed by atoms with E-state index in [4.69, 9.17) is 23.2 Å². The van der Waals surface area contributed by atoms with Gasteiger partial charge in [0.2, 0.25) is 11.7 Å². The lowest BCUT2D eigenvalue weighted by atomic mass is 10.1. The summed E-state index contributed by atoms with van der Waals surface area (Å²) in [6.45, 7) is 3.36. The minimum atomic E-state index is -4.75. The Balaban J connectivity index is 1.84. The summed E-state index contributed by atoms with van der Waals surface area (Å²) in [4.78, 5) is 27.6. The number of alkyl halides is 3. The van der Waals surface area contributed by atoms with Crippen LogP contribution in [0, 0.1) is 5.92 Å². The van der Waals surface area contributed by atoms with E-state index in [1.54, 1.807) is 24.3 Å². The predicted molar refractivity (Wildman–Crippen MR) is 130 cm³/mol. The monoisotopic (exact) mass is 542 g/mol. The highest BCUT2D eigenvalue weighted by Gasteiger charge is 2.34. The van der Waals surface area contributed by atoms with Crippen LogP contribution in [0.4, 0.5) is 18.9 Å². The van der Waals surface area contributed by atoms with Crippen LogP contribution in [-0.2, 0) is 22.3 Å². The number of nitrogens with zero attached hydrogens (tertiary/aromatic N) is 5.